The van der Waals surface area contributed by atoms with E-state index in [9.17, 15) is 14.0 Å². The van der Waals surface area contributed by atoms with E-state index >= 15 is 0 Å². The molecule has 0 heterocycles. The van der Waals surface area contributed by atoms with Crippen LogP contribution in [0.25, 0.3) is 0 Å². The number of alkyl halides is 2. The van der Waals surface area contributed by atoms with E-state index < -0.39 is 22.1 Å². The molecule has 0 aliphatic heterocycles. The molecule has 3 aromatic carbocycles. The highest BCUT2D eigenvalue weighted by Crippen LogP contribution is 2.65. The highest BCUT2D eigenvalue weighted by atomic mass is 35.5. The first kappa shape index (κ1) is 24.3. The van der Waals surface area contributed by atoms with Crippen molar-refractivity contribution in [2.45, 2.75) is 16.7 Å². The predicted octanol–water partition coefficient (Wildman–Crippen LogP) is 7.74. The summed E-state index contributed by atoms with van der Waals surface area (Å²) in [5.41, 5.74) is 1.77. The van der Waals surface area contributed by atoms with Crippen LogP contribution in [0.5, 0.6) is 0 Å². The minimum atomic E-state index is -1.35. The van der Waals surface area contributed by atoms with Gasteiger partial charge in [-0.15, -0.1) is 23.2 Å². The average Bonchev–Trinajstić information content (AvgIpc) is 3.32. The molecule has 1 aliphatic rings. The number of carbonyl (C=O) groups excluding carboxylic acids is 2. The molecule has 3 aromatic rings. The van der Waals surface area contributed by atoms with Crippen molar-refractivity contribution in [2.75, 3.05) is 5.32 Å². The minimum Gasteiger partial charge on any atom is -0.324 e. The van der Waals surface area contributed by atoms with Crippen LogP contribution in [0.4, 0.5) is 10.1 Å². The second-order valence-corrected chi connectivity index (χ2v) is 10.4. The van der Waals surface area contributed by atoms with Crippen LogP contribution in [-0.2, 0) is 11.2 Å². The lowest BCUT2D eigenvalue weighted by Crippen LogP contribution is -2.18. The summed E-state index contributed by atoms with van der Waals surface area (Å²) in [6.45, 7) is 0. The lowest BCUT2D eigenvalue weighted by atomic mass is 10.0. The Morgan fingerprint density at radius 3 is 2.21 bits per heavy atom. The molecule has 0 aromatic heterocycles. The molecule has 3 nitrogen and oxygen atoms in total. The fourth-order valence-corrected chi connectivity index (χ4v) is 5.41. The molecule has 9 heteroatoms. The second kappa shape index (κ2) is 9.44. The zero-order valence-corrected chi connectivity index (χ0v) is 20.5. The van der Waals surface area contributed by atoms with Crippen molar-refractivity contribution < 1.29 is 14.0 Å². The van der Waals surface area contributed by atoms with Crippen molar-refractivity contribution in [1.82, 2.24) is 0 Å². The summed E-state index contributed by atoms with van der Waals surface area (Å²) in [4.78, 5) is 25.7. The quantitative estimate of drug-likeness (QED) is 0.254. The summed E-state index contributed by atoms with van der Waals surface area (Å²) < 4.78 is 11.8. The SMILES string of the molecule is O=C(Cc1ccc(F)cc1)c1cccc(NC(=O)C2C(c3cc(Cl)cc(Cl)c3)C2(Cl)Cl)c1Cl. The standard InChI is InChI=1S/C24H15Cl5FNO2/c25-14-9-13(10-15(26)11-14)20-21(24(20,28)29)23(33)31-18-3-1-2-17(22(18)27)19(32)8-12-4-6-16(30)7-5-12/h1-7,9-11,20-21H,8H2,(H,31,33). The third kappa shape index (κ3) is 5.16. The van der Waals surface area contributed by atoms with Gasteiger partial charge in [0.1, 0.15) is 10.2 Å². The lowest BCUT2D eigenvalue weighted by Gasteiger charge is -2.11. The van der Waals surface area contributed by atoms with Crippen LogP contribution in [-0.4, -0.2) is 16.0 Å². The Balaban J connectivity index is 1.52. The van der Waals surface area contributed by atoms with Crippen molar-refractivity contribution in [2.24, 2.45) is 5.92 Å². The molecule has 2 unspecified atom stereocenters. The Morgan fingerprint density at radius 2 is 1.58 bits per heavy atom. The number of anilines is 1. The number of ketones is 1. The molecule has 1 amide bonds. The van der Waals surface area contributed by atoms with E-state index in [0.29, 0.717) is 21.2 Å². The van der Waals surface area contributed by atoms with Crippen molar-refractivity contribution >= 4 is 75.4 Å². The van der Waals surface area contributed by atoms with Gasteiger partial charge in [0.2, 0.25) is 5.91 Å². The van der Waals surface area contributed by atoms with Gasteiger partial charge in [-0.25, -0.2) is 4.39 Å². The van der Waals surface area contributed by atoms with Gasteiger partial charge in [-0.1, -0.05) is 53.0 Å². The molecule has 1 aliphatic carbocycles. The topological polar surface area (TPSA) is 46.2 Å². The van der Waals surface area contributed by atoms with Crippen LogP contribution in [0.15, 0.2) is 60.7 Å². The highest BCUT2D eigenvalue weighted by molar-refractivity contribution is 6.53. The maximum absolute atomic E-state index is 13.1. The van der Waals surface area contributed by atoms with Gasteiger partial charge >= 0.3 is 0 Å². The van der Waals surface area contributed by atoms with Gasteiger partial charge < -0.3 is 5.32 Å². The van der Waals surface area contributed by atoms with Crippen LogP contribution in [0.1, 0.15) is 27.4 Å². The third-order valence-corrected chi connectivity index (χ3v) is 7.20. The van der Waals surface area contributed by atoms with Crippen molar-refractivity contribution in [3.8, 4) is 0 Å². The monoisotopic (exact) mass is 543 g/mol. The molecule has 0 spiro atoms. The van der Waals surface area contributed by atoms with Crippen LogP contribution in [0.3, 0.4) is 0 Å². The first-order valence-electron chi connectivity index (χ1n) is 9.78. The maximum atomic E-state index is 13.1. The molecule has 4 rings (SSSR count). The smallest absolute Gasteiger partial charge is 0.231 e. The molecular weight excluding hydrogens is 531 g/mol. The lowest BCUT2D eigenvalue weighted by molar-refractivity contribution is -0.117. The predicted molar refractivity (Wildman–Crippen MR) is 132 cm³/mol. The van der Waals surface area contributed by atoms with Crippen LogP contribution in [0.2, 0.25) is 15.1 Å². The van der Waals surface area contributed by atoms with E-state index in [1.54, 1.807) is 36.4 Å². The normalized spacial score (nSPS) is 18.6. The van der Waals surface area contributed by atoms with Crippen molar-refractivity contribution in [3.05, 3.63) is 98.2 Å². The Bertz CT molecular complexity index is 1230. The first-order valence-corrected chi connectivity index (χ1v) is 11.7. The minimum absolute atomic E-state index is 0.0318. The van der Waals surface area contributed by atoms with Crippen LogP contribution >= 0.6 is 58.0 Å². The Hall–Kier alpha value is -1.82. The van der Waals surface area contributed by atoms with Crippen LogP contribution < -0.4 is 5.32 Å². The number of carbonyl (C=O) groups is 2. The molecule has 0 bridgehead atoms. The Labute approximate surface area is 214 Å². The van der Waals surface area contributed by atoms with Gasteiger partial charge in [0, 0.05) is 27.9 Å². The molecule has 1 fully saturated rings. The number of Topliss-reactive ketones (excluding diaryl/α,β-unsaturated/α-hetero) is 1. The van der Waals surface area contributed by atoms with Gasteiger partial charge in [-0.2, -0.15) is 0 Å². The summed E-state index contributed by atoms with van der Waals surface area (Å²) in [5.74, 6) is -2.40. The number of nitrogens with one attached hydrogen (secondary N) is 1. The first-order chi connectivity index (χ1) is 15.6. The summed E-state index contributed by atoms with van der Waals surface area (Å²) in [5, 5.41) is 3.62. The highest BCUT2D eigenvalue weighted by Gasteiger charge is 2.67. The van der Waals surface area contributed by atoms with Gasteiger partial charge in [0.15, 0.2) is 5.78 Å². The number of rotatable bonds is 6. The number of benzene rings is 3. The van der Waals surface area contributed by atoms with E-state index in [2.05, 4.69) is 5.32 Å². The molecule has 170 valence electrons. The number of halogens is 6. The van der Waals surface area contributed by atoms with Gasteiger partial charge in [0.05, 0.1) is 16.6 Å². The Kier molecular flexibility index (Phi) is 6.95. The summed E-state index contributed by atoms with van der Waals surface area (Å²) in [6, 6.07) is 15.3. The third-order valence-electron chi connectivity index (χ3n) is 5.41. The average molecular weight is 546 g/mol. The Morgan fingerprint density at radius 1 is 0.939 bits per heavy atom. The molecule has 1 saturated carbocycles. The molecule has 1 N–H and O–H groups in total. The fourth-order valence-electron chi connectivity index (χ4n) is 3.76. The second-order valence-electron chi connectivity index (χ2n) is 7.72. The van der Waals surface area contributed by atoms with E-state index in [1.165, 1.54) is 24.3 Å². The summed E-state index contributed by atoms with van der Waals surface area (Å²) >= 11 is 31.4. The fraction of sp³-hybridized carbons (Fsp3) is 0.167. The van der Waals surface area contributed by atoms with E-state index in [-0.39, 0.29) is 34.3 Å². The zero-order valence-electron chi connectivity index (χ0n) is 16.7. The van der Waals surface area contributed by atoms with Crippen LogP contribution in [0, 0.1) is 11.7 Å². The molecular formula is C24H15Cl5FNO2. The van der Waals surface area contributed by atoms with Gasteiger partial charge in [-0.3, -0.25) is 9.59 Å². The summed E-state index contributed by atoms with van der Waals surface area (Å²) in [6.07, 6.45) is 0.0318. The van der Waals surface area contributed by atoms with Gasteiger partial charge in [0.25, 0.3) is 0 Å². The molecule has 2 atom stereocenters. The van der Waals surface area contributed by atoms with E-state index in [4.69, 9.17) is 58.0 Å². The van der Waals surface area contributed by atoms with Crippen molar-refractivity contribution in [1.29, 1.82) is 0 Å². The molecule has 0 saturated heterocycles. The zero-order chi connectivity index (χ0) is 23.9. The molecule has 33 heavy (non-hydrogen) atoms. The molecule has 0 radical (unpaired) electrons. The number of hydrogen-bond acceptors (Lipinski definition) is 2. The van der Waals surface area contributed by atoms with E-state index in [1.807, 2.05) is 0 Å². The number of hydrogen-bond donors (Lipinski definition) is 1. The van der Waals surface area contributed by atoms with E-state index in [0.717, 1.165) is 0 Å². The van der Waals surface area contributed by atoms with Crippen molar-refractivity contribution in [3.63, 3.8) is 0 Å². The van der Waals surface area contributed by atoms with Gasteiger partial charge in [-0.05, 0) is 53.6 Å². The summed E-state index contributed by atoms with van der Waals surface area (Å²) in [7, 11) is 0. The number of amides is 1. The largest absolute Gasteiger partial charge is 0.324 e. The maximum Gasteiger partial charge on any atom is 0.231 e.